The molecule has 0 radical (unpaired) electrons. The summed E-state index contributed by atoms with van der Waals surface area (Å²) in [6.45, 7) is 1.36. The predicted molar refractivity (Wildman–Crippen MR) is 139 cm³/mol. The van der Waals surface area contributed by atoms with Gasteiger partial charge in [0.1, 0.15) is 16.5 Å². The average Bonchev–Trinajstić information content (AvgIpc) is 3.25. The lowest BCUT2D eigenvalue weighted by Gasteiger charge is -2.13. The molecule has 11 heteroatoms. The Morgan fingerprint density at radius 3 is 2.30 bits per heavy atom. The smallest absolute Gasteiger partial charge is 0.338 e. The fraction of sp³-hybridized carbons (Fsp3) is 0.154. The molecule has 37 heavy (non-hydrogen) atoms. The number of nitrogens with one attached hydrogen (secondary N) is 1. The number of benzene rings is 2. The molecule has 5 aromatic rings. The van der Waals surface area contributed by atoms with E-state index in [1.165, 1.54) is 41.2 Å². The molecule has 3 aromatic heterocycles. The predicted octanol–water partition coefficient (Wildman–Crippen LogP) is 4.36. The molecule has 0 aliphatic rings. The zero-order valence-corrected chi connectivity index (χ0v) is 20.9. The summed E-state index contributed by atoms with van der Waals surface area (Å²) < 4.78 is 36.3. The molecule has 3 heterocycles. The van der Waals surface area contributed by atoms with Crippen molar-refractivity contribution in [1.29, 1.82) is 0 Å². The van der Waals surface area contributed by atoms with Crippen molar-refractivity contribution >= 4 is 27.2 Å². The van der Waals surface area contributed by atoms with Crippen molar-refractivity contribution in [1.82, 2.24) is 19.3 Å². The van der Waals surface area contributed by atoms with Crippen LogP contribution < -0.4 is 21.3 Å². The molecule has 0 aliphatic heterocycles. The van der Waals surface area contributed by atoms with Crippen LogP contribution in [0.3, 0.4) is 0 Å². The van der Waals surface area contributed by atoms with Gasteiger partial charge in [-0.25, -0.2) is 18.1 Å². The fourth-order valence-electron chi connectivity index (χ4n) is 4.13. The molecule has 8 nitrogen and oxygen atoms in total. The highest BCUT2D eigenvalue weighted by Crippen LogP contribution is 2.37. The number of ether oxygens (including phenoxy) is 1. The van der Waals surface area contributed by atoms with Gasteiger partial charge >= 0.3 is 5.69 Å². The lowest BCUT2D eigenvalue weighted by molar-refractivity contribution is 0.391. The largest absolute Gasteiger partial charge is 0.480 e. The number of rotatable bonds is 6. The zero-order valence-electron chi connectivity index (χ0n) is 20.1. The van der Waals surface area contributed by atoms with Gasteiger partial charge in [-0.2, -0.15) is 0 Å². The summed E-state index contributed by atoms with van der Waals surface area (Å²) >= 11 is 1.21. The summed E-state index contributed by atoms with van der Waals surface area (Å²) in [7, 11) is 3.22. The molecule has 0 fully saturated rings. The third-order valence-corrected chi connectivity index (χ3v) is 7.45. The monoisotopic (exact) mass is 521 g/mol. The lowest BCUT2D eigenvalue weighted by Crippen LogP contribution is -2.39. The van der Waals surface area contributed by atoms with E-state index in [-0.39, 0.29) is 22.6 Å². The highest BCUT2D eigenvalue weighted by molar-refractivity contribution is 7.22. The number of methoxy groups -OCH3 is 1. The van der Waals surface area contributed by atoms with Gasteiger partial charge < -0.3 is 10.1 Å². The Bertz CT molecular complexity index is 1720. The average molecular weight is 522 g/mol. The quantitative estimate of drug-likeness (QED) is 0.357. The van der Waals surface area contributed by atoms with Gasteiger partial charge in [0.25, 0.3) is 5.56 Å². The second kappa shape index (κ2) is 9.58. The van der Waals surface area contributed by atoms with E-state index in [1.807, 2.05) is 31.3 Å². The number of anilines is 1. The van der Waals surface area contributed by atoms with Gasteiger partial charge in [-0.3, -0.25) is 9.36 Å². The Kier molecular flexibility index (Phi) is 6.30. The van der Waals surface area contributed by atoms with Gasteiger partial charge in [0.15, 0.2) is 5.82 Å². The number of nitrogens with zero attached hydrogens (tertiary/aromatic N) is 4. The highest BCUT2D eigenvalue weighted by atomic mass is 32.1. The summed E-state index contributed by atoms with van der Waals surface area (Å²) in [6, 6.07) is 14.0. The van der Waals surface area contributed by atoms with E-state index in [4.69, 9.17) is 4.74 Å². The summed E-state index contributed by atoms with van der Waals surface area (Å²) in [4.78, 5) is 28.5. The first-order chi connectivity index (χ1) is 17.8. The zero-order chi connectivity index (χ0) is 26.3. The van der Waals surface area contributed by atoms with Crippen LogP contribution >= 0.6 is 11.3 Å². The van der Waals surface area contributed by atoms with Crippen LogP contribution in [0.2, 0.25) is 0 Å². The number of hydrogen-bond acceptors (Lipinski definition) is 7. The van der Waals surface area contributed by atoms with Gasteiger partial charge in [-0.15, -0.1) is 21.5 Å². The van der Waals surface area contributed by atoms with Crippen LogP contribution in [0.25, 0.3) is 26.5 Å². The van der Waals surface area contributed by atoms with Gasteiger partial charge in [-0.1, -0.05) is 18.2 Å². The minimum Gasteiger partial charge on any atom is -0.480 e. The van der Waals surface area contributed by atoms with Crippen LogP contribution in [0.4, 0.5) is 14.5 Å². The molecule has 0 amide bonds. The van der Waals surface area contributed by atoms with Crippen LogP contribution in [0.5, 0.6) is 5.88 Å². The number of aryl methyl sites for hydroxylation is 1. The third-order valence-electron chi connectivity index (χ3n) is 6.09. The number of aromatic nitrogens is 4. The Morgan fingerprint density at radius 1 is 1.00 bits per heavy atom. The number of halogens is 2. The van der Waals surface area contributed by atoms with E-state index < -0.39 is 29.4 Å². The number of thiophene rings is 1. The summed E-state index contributed by atoms with van der Waals surface area (Å²) in [5.74, 6) is -1.42. The third kappa shape index (κ3) is 4.16. The minimum atomic E-state index is -0.794. The van der Waals surface area contributed by atoms with Gasteiger partial charge in [0.2, 0.25) is 5.88 Å². The first-order valence-electron chi connectivity index (χ1n) is 11.2. The first-order valence-corrected chi connectivity index (χ1v) is 12.0. The van der Waals surface area contributed by atoms with Crippen molar-refractivity contribution in [2.45, 2.75) is 13.5 Å². The molecular weight excluding hydrogens is 500 g/mol. The Balaban J connectivity index is 1.82. The van der Waals surface area contributed by atoms with E-state index in [0.29, 0.717) is 10.4 Å². The molecule has 0 atom stereocenters. The summed E-state index contributed by atoms with van der Waals surface area (Å²) in [5.41, 5.74) is 0.705. The van der Waals surface area contributed by atoms with E-state index in [2.05, 4.69) is 15.5 Å². The van der Waals surface area contributed by atoms with Crippen molar-refractivity contribution in [3.63, 3.8) is 0 Å². The molecule has 0 saturated heterocycles. The molecule has 0 bridgehead atoms. The molecule has 0 spiro atoms. The molecular formula is C26H21F2N5O3S. The molecule has 5 rings (SSSR count). The van der Waals surface area contributed by atoms with Crippen molar-refractivity contribution in [3.8, 4) is 22.1 Å². The Morgan fingerprint density at radius 2 is 1.70 bits per heavy atom. The molecule has 0 aliphatic carbocycles. The van der Waals surface area contributed by atoms with E-state index in [0.717, 1.165) is 32.8 Å². The van der Waals surface area contributed by atoms with E-state index in [1.54, 1.807) is 6.92 Å². The Labute approximate surface area is 213 Å². The molecule has 0 saturated carbocycles. The first kappa shape index (κ1) is 24.3. The Hall–Kier alpha value is -4.38. The van der Waals surface area contributed by atoms with Crippen molar-refractivity contribution in [2.24, 2.45) is 0 Å². The second-order valence-corrected chi connectivity index (χ2v) is 9.21. The maximum absolute atomic E-state index is 14.6. The topological polar surface area (TPSA) is 91.0 Å². The standard InChI is InChI=1S/C26H21F2N5O3S/c1-14-22-24(34)33(20-11-12-21(36-3)31-30-20)26(35)32(13-17-18(27)5-4-6-19(17)28)25(22)37-23(14)15-7-9-16(29-2)10-8-15/h4-12,29H,13H2,1-3H3. The van der Waals surface area contributed by atoms with Crippen LogP contribution in [-0.4, -0.2) is 33.5 Å². The summed E-state index contributed by atoms with van der Waals surface area (Å²) in [6.07, 6.45) is 0. The van der Waals surface area contributed by atoms with Crippen molar-refractivity contribution in [2.75, 3.05) is 19.5 Å². The van der Waals surface area contributed by atoms with Crippen LogP contribution in [-0.2, 0) is 6.54 Å². The molecule has 0 unspecified atom stereocenters. The van der Waals surface area contributed by atoms with Crippen LogP contribution in [0.15, 0.2) is 64.2 Å². The highest BCUT2D eigenvalue weighted by Gasteiger charge is 2.23. The molecule has 2 aromatic carbocycles. The summed E-state index contributed by atoms with van der Waals surface area (Å²) in [5, 5.41) is 11.1. The van der Waals surface area contributed by atoms with E-state index >= 15 is 0 Å². The molecule has 1 N–H and O–H groups in total. The SMILES string of the molecule is CNc1ccc(-c2sc3c(c2C)c(=O)n(-c2ccc(OC)nn2)c(=O)n3Cc2c(F)cccc2F)cc1. The number of hydrogen-bond donors (Lipinski definition) is 1. The van der Waals surface area contributed by atoms with Crippen molar-refractivity contribution < 1.29 is 13.5 Å². The van der Waals surface area contributed by atoms with Gasteiger partial charge in [0.05, 0.1) is 19.0 Å². The van der Waals surface area contributed by atoms with Gasteiger partial charge in [0, 0.05) is 29.2 Å². The van der Waals surface area contributed by atoms with Gasteiger partial charge in [-0.05, 0) is 48.4 Å². The van der Waals surface area contributed by atoms with Crippen LogP contribution in [0.1, 0.15) is 11.1 Å². The van der Waals surface area contributed by atoms with E-state index in [9.17, 15) is 18.4 Å². The second-order valence-electron chi connectivity index (χ2n) is 8.21. The minimum absolute atomic E-state index is 0.0361. The maximum atomic E-state index is 14.6. The fourth-order valence-corrected chi connectivity index (χ4v) is 5.43. The number of fused-ring (bicyclic) bond motifs is 1. The normalized spacial score (nSPS) is 11.2. The molecule has 188 valence electrons. The lowest BCUT2D eigenvalue weighted by atomic mass is 10.1. The van der Waals surface area contributed by atoms with Crippen LogP contribution in [0, 0.1) is 18.6 Å². The van der Waals surface area contributed by atoms with Crippen molar-refractivity contribution in [3.05, 3.63) is 98.2 Å². The maximum Gasteiger partial charge on any atom is 0.338 e.